The van der Waals surface area contributed by atoms with Gasteiger partial charge in [-0.05, 0) is 138 Å². The van der Waals surface area contributed by atoms with E-state index in [2.05, 4.69) is 63.1 Å². The SMILES string of the molecule is C=C(C)C1CCC2(C)CC(C34CCC5CC6CC7CC(NCC(C)O)C(O)C8C=CC(C3)C6(C78)C5(C)N4)=CC(C)=C2C1. The van der Waals surface area contributed by atoms with E-state index >= 15 is 0 Å². The Labute approximate surface area is 254 Å². The van der Waals surface area contributed by atoms with Crippen LogP contribution in [0.25, 0.3) is 0 Å². The van der Waals surface area contributed by atoms with Crippen molar-refractivity contribution in [3.05, 3.63) is 47.1 Å². The van der Waals surface area contributed by atoms with Crippen LogP contribution in [0.4, 0.5) is 0 Å². The molecule has 2 saturated heterocycles. The van der Waals surface area contributed by atoms with E-state index in [1.54, 1.807) is 16.7 Å². The minimum absolute atomic E-state index is 0.0879. The van der Waals surface area contributed by atoms with E-state index < -0.39 is 0 Å². The fraction of sp³-hybridized carbons (Fsp3) is 0.789. The summed E-state index contributed by atoms with van der Waals surface area (Å²) in [6.45, 7) is 16.6. The quantitative estimate of drug-likeness (QED) is 0.285. The van der Waals surface area contributed by atoms with Crippen LogP contribution in [0, 0.1) is 52.3 Å². The molecule has 6 fully saturated rings. The van der Waals surface area contributed by atoms with Gasteiger partial charge in [-0.15, -0.1) is 0 Å². The third kappa shape index (κ3) is 3.50. The number of allylic oxidation sites excluding steroid dienone is 5. The molecule has 2 bridgehead atoms. The molecular weight excluding hydrogens is 516 g/mol. The number of hydrogen-bond acceptors (Lipinski definition) is 4. The van der Waals surface area contributed by atoms with Crippen LogP contribution in [0.1, 0.15) is 98.8 Å². The molecule has 4 N–H and O–H groups in total. The van der Waals surface area contributed by atoms with Crippen molar-refractivity contribution in [3.8, 4) is 0 Å². The Balaban J connectivity index is 1.17. The van der Waals surface area contributed by atoms with E-state index in [0.29, 0.717) is 30.2 Å². The molecule has 4 heteroatoms. The lowest BCUT2D eigenvalue weighted by atomic mass is 9.42. The molecule has 2 heterocycles. The van der Waals surface area contributed by atoms with Gasteiger partial charge in [0.25, 0.3) is 0 Å². The van der Waals surface area contributed by atoms with Crippen molar-refractivity contribution in [3.63, 3.8) is 0 Å². The molecule has 0 aromatic rings. The highest BCUT2D eigenvalue weighted by molar-refractivity contribution is 5.46. The largest absolute Gasteiger partial charge is 0.392 e. The molecule has 0 aromatic carbocycles. The number of rotatable bonds is 5. The van der Waals surface area contributed by atoms with Crippen LogP contribution in [0.3, 0.4) is 0 Å². The number of hydrogen-bond donors (Lipinski definition) is 4. The smallest absolute Gasteiger partial charge is 0.0758 e. The van der Waals surface area contributed by atoms with Crippen LogP contribution < -0.4 is 10.6 Å². The zero-order valence-electron chi connectivity index (χ0n) is 26.9. The topological polar surface area (TPSA) is 64.5 Å². The predicted octanol–water partition coefficient (Wildman–Crippen LogP) is 6.46. The van der Waals surface area contributed by atoms with Crippen molar-refractivity contribution >= 4 is 0 Å². The van der Waals surface area contributed by atoms with Crippen molar-refractivity contribution in [1.29, 1.82) is 0 Å². The molecule has 8 aliphatic rings. The van der Waals surface area contributed by atoms with Gasteiger partial charge in [-0.25, -0.2) is 0 Å². The Hall–Kier alpha value is -1.20. The first-order valence-corrected chi connectivity index (χ1v) is 17.6. The van der Waals surface area contributed by atoms with E-state index in [9.17, 15) is 10.2 Å². The first-order valence-electron chi connectivity index (χ1n) is 17.6. The second kappa shape index (κ2) is 9.18. The Kier molecular flexibility index (Phi) is 6.18. The summed E-state index contributed by atoms with van der Waals surface area (Å²) in [6, 6.07) is 0.0879. The molecule has 2 aliphatic heterocycles. The summed E-state index contributed by atoms with van der Waals surface area (Å²) in [7, 11) is 0. The highest BCUT2D eigenvalue weighted by atomic mass is 16.3. The minimum Gasteiger partial charge on any atom is -0.392 e. The summed E-state index contributed by atoms with van der Waals surface area (Å²) in [5, 5.41) is 29.9. The van der Waals surface area contributed by atoms with E-state index in [0.717, 1.165) is 18.3 Å². The zero-order valence-corrected chi connectivity index (χ0v) is 26.9. The average molecular weight is 573 g/mol. The monoisotopic (exact) mass is 572 g/mol. The van der Waals surface area contributed by atoms with Gasteiger partial charge >= 0.3 is 0 Å². The second-order valence-electron chi connectivity index (χ2n) is 17.2. The number of piperidine rings is 2. The predicted molar refractivity (Wildman–Crippen MR) is 170 cm³/mol. The van der Waals surface area contributed by atoms with Crippen LogP contribution in [0.15, 0.2) is 47.1 Å². The molecule has 0 amide bonds. The summed E-state index contributed by atoms with van der Waals surface area (Å²) in [5.41, 5.74) is 7.09. The van der Waals surface area contributed by atoms with Crippen molar-refractivity contribution < 1.29 is 10.2 Å². The van der Waals surface area contributed by atoms with Crippen molar-refractivity contribution in [2.45, 2.75) is 128 Å². The number of aliphatic hydroxyl groups is 2. The highest BCUT2D eigenvalue weighted by Crippen LogP contribution is 2.78. The van der Waals surface area contributed by atoms with Gasteiger partial charge in [0.2, 0.25) is 0 Å². The van der Waals surface area contributed by atoms with E-state index in [1.165, 1.54) is 63.4 Å². The summed E-state index contributed by atoms with van der Waals surface area (Å²) in [4.78, 5) is 0. The van der Waals surface area contributed by atoms with Gasteiger partial charge in [0.1, 0.15) is 0 Å². The summed E-state index contributed by atoms with van der Waals surface area (Å²) in [6.07, 6.45) is 19.6. The lowest BCUT2D eigenvalue weighted by Crippen LogP contribution is -2.77. The molecule has 4 saturated carbocycles. The summed E-state index contributed by atoms with van der Waals surface area (Å²) < 4.78 is 0. The van der Waals surface area contributed by atoms with Crippen LogP contribution in [0.5, 0.6) is 0 Å². The first kappa shape index (κ1) is 28.3. The van der Waals surface area contributed by atoms with Gasteiger partial charge in [-0.1, -0.05) is 48.5 Å². The lowest BCUT2D eigenvalue weighted by Gasteiger charge is -2.69. The molecule has 4 nitrogen and oxygen atoms in total. The van der Waals surface area contributed by atoms with Gasteiger partial charge in [0.15, 0.2) is 0 Å². The lowest BCUT2D eigenvalue weighted by molar-refractivity contribution is -0.141. The van der Waals surface area contributed by atoms with Crippen molar-refractivity contribution in [2.75, 3.05) is 6.54 Å². The minimum atomic E-state index is -0.382. The van der Waals surface area contributed by atoms with Gasteiger partial charge in [0.05, 0.1) is 12.2 Å². The average Bonchev–Trinajstić information content (AvgIpc) is 3.41. The Morgan fingerprint density at radius 2 is 1.95 bits per heavy atom. The fourth-order valence-corrected chi connectivity index (χ4v) is 13.7. The van der Waals surface area contributed by atoms with E-state index in [1.807, 2.05) is 6.92 Å². The normalized spacial score (nSPS) is 54.3. The number of fused-ring (bicyclic) bond motifs is 2. The Morgan fingerprint density at radius 1 is 1.14 bits per heavy atom. The van der Waals surface area contributed by atoms with E-state index in [4.69, 9.17) is 0 Å². The molecule has 0 radical (unpaired) electrons. The van der Waals surface area contributed by atoms with Crippen LogP contribution in [-0.4, -0.2) is 46.1 Å². The summed E-state index contributed by atoms with van der Waals surface area (Å²) >= 11 is 0. The van der Waals surface area contributed by atoms with Gasteiger partial charge < -0.3 is 20.8 Å². The third-order valence-electron chi connectivity index (χ3n) is 15.2. The fourth-order valence-electron chi connectivity index (χ4n) is 13.7. The Bertz CT molecular complexity index is 1280. The van der Waals surface area contributed by atoms with Gasteiger partial charge in [-0.2, -0.15) is 0 Å². The van der Waals surface area contributed by atoms with Crippen LogP contribution in [-0.2, 0) is 0 Å². The molecule has 14 atom stereocenters. The van der Waals surface area contributed by atoms with E-state index in [-0.39, 0.29) is 46.1 Å². The second-order valence-corrected chi connectivity index (χ2v) is 17.2. The van der Waals surface area contributed by atoms with Crippen molar-refractivity contribution in [1.82, 2.24) is 10.6 Å². The highest BCUT2D eigenvalue weighted by Gasteiger charge is 2.78. The molecule has 1 spiro atoms. The number of nitrogens with one attached hydrogen (secondary N) is 2. The summed E-state index contributed by atoms with van der Waals surface area (Å²) in [5.74, 6) is 4.21. The molecule has 230 valence electrons. The Morgan fingerprint density at radius 3 is 2.71 bits per heavy atom. The third-order valence-corrected chi connectivity index (χ3v) is 15.2. The maximum absolute atomic E-state index is 11.8. The zero-order chi connectivity index (χ0) is 29.4. The molecule has 8 rings (SSSR count). The van der Waals surface area contributed by atoms with Gasteiger partial charge in [-0.3, -0.25) is 0 Å². The first-order chi connectivity index (χ1) is 19.9. The molecule has 0 aromatic heterocycles. The molecular formula is C38H56N2O2. The van der Waals surface area contributed by atoms with Crippen LogP contribution >= 0.6 is 0 Å². The molecule has 42 heavy (non-hydrogen) atoms. The van der Waals surface area contributed by atoms with Crippen molar-refractivity contribution in [2.24, 2.45) is 52.3 Å². The maximum Gasteiger partial charge on any atom is 0.0758 e. The van der Waals surface area contributed by atoms with Gasteiger partial charge in [0, 0.05) is 35.0 Å². The van der Waals surface area contributed by atoms with Crippen LogP contribution in [0.2, 0.25) is 0 Å². The molecule has 14 unspecified atom stereocenters. The number of aliphatic hydroxyl groups excluding tert-OH is 2. The molecule has 6 aliphatic carbocycles. The standard InChI is InChI=1S/C38H56N2O2/c1-21(2)24-9-11-35(5)18-29(13-22(3)31(35)15-24)37-12-10-26-17-28-14-25-16-32(39-20-23(4)41)34(42)30-8-7-27(19-37)38(28,33(25)30)36(26,6)40-37/h7-8,13,23-28,30,32-34,39-42H,1,9-12,14-20H2,2-6H3. The maximum atomic E-state index is 11.8.